The van der Waals surface area contributed by atoms with E-state index in [-0.39, 0.29) is 5.76 Å². The molecule has 94 valence electrons. The summed E-state index contributed by atoms with van der Waals surface area (Å²) >= 11 is 0. The van der Waals surface area contributed by atoms with Crippen molar-refractivity contribution in [1.29, 1.82) is 0 Å². The Morgan fingerprint density at radius 2 is 2.47 bits per heavy atom. The van der Waals surface area contributed by atoms with Gasteiger partial charge < -0.3 is 19.6 Å². The van der Waals surface area contributed by atoms with E-state index in [0.717, 1.165) is 31.6 Å². The van der Waals surface area contributed by atoms with Crippen LogP contribution in [0.25, 0.3) is 0 Å². The van der Waals surface area contributed by atoms with Gasteiger partial charge in [-0.2, -0.15) is 0 Å². The Morgan fingerprint density at radius 3 is 3.06 bits per heavy atom. The fraction of sp³-hybridized carbons (Fsp3) is 0.583. The smallest absolute Gasteiger partial charge is 0.371 e. The van der Waals surface area contributed by atoms with E-state index >= 15 is 0 Å². The lowest BCUT2D eigenvalue weighted by Crippen LogP contribution is -2.25. The van der Waals surface area contributed by atoms with Crippen LogP contribution in [0.5, 0.6) is 0 Å². The molecule has 1 aliphatic rings. The molecule has 0 bridgehead atoms. The lowest BCUT2D eigenvalue weighted by molar-refractivity contribution is 0.0661. The van der Waals surface area contributed by atoms with Gasteiger partial charge in [0.1, 0.15) is 5.76 Å². The van der Waals surface area contributed by atoms with Gasteiger partial charge in [0.2, 0.25) is 5.76 Å². The van der Waals surface area contributed by atoms with Gasteiger partial charge in [0.15, 0.2) is 0 Å². The number of hydrogen-bond donors (Lipinski definition) is 2. The van der Waals surface area contributed by atoms with Crippen molar-refractivity contribution in [2.24, 2.45) is 0 Å². The van der Waals surface area contributed by atoms with Crippen LogP contribution in [0.1, 0.15) is 34.7 Å². The molecule has 2 N–H and O–H groups in total. The van der Waals surface area contributed by atoms with Crippen molar-refractivity contribution < 1.29 is 19.1 Å². The molecule has 2 heterocycles. The van der Waals surface area contributed by atoms with Crippen LogP contribution < -0.4 is 5.32 Å². The third-order valence-electron chi connectivity index (χ3n) is 2.94. The van der Waals surface area contributed by atoms with Crippen LogP contribution >= 0.6 is 0 Å². The van der Waals surface area contributed by atoms with Gasteiger partial charge in [0, 0.05) is 25.3 Å². The second-order valence-electron chi connectivity index (χ2n) is 4.26. The van der Waals surface area contributed by atoms with Crippen molar-refractivity contribution in [2.75, 3.05) is 13.2 Å². The summed E-state index contributed by atoms with van der Waals surface area (Å²) < 4.78 is 10.6. The first-order valence-electron chi connectivity index (χ1n) is 5.81. The quantitative estimate of drug-likeness (QED) is 0.815. The van der Waals surface area contributed by atoms with Crippen molar-refractivity contribution in [3.8, 4) is 0 Å². The van der Waals surface area contributed by atoms with Gasteiger partial charge in [-0.05, 0) is 25.8 Å². The minimum absolute atomic E-state index is 0.00332. The van der Waals surface area contributed by atoms with E-state index < -0.39 is 5.97 Å². The zero-order valence-corrected chi connectivity index (χ0v) is 9.86. The van der Waals surface area contributed by atoms with Crippen LogP contribution in [0.15, 0.2) is 10.5 Å². The standard InChI is InChI=1S/C12H17NO4/c1-8-9(5-11(17-8)12(14)15)6-13-7-10-3-2-4-16-10/h5,10,13H,2-4,6-7H2,1H3,(H,14,15). The van der Waals surface area contributed by atoms with E-state index in [1.165, 1.54) is 0 Å². The van der Waals surface area contributed by atoms with Crippen molar-refractivity contribution >= 4 is 5.97 Å². The molecule has 1 unspecified atom stereocenters. The first-order chi connectivity index (χ1) is 8.16. The van der Waals surface area contributed by atoms with Crippen molar-refractivity contribution in [3.05, 3.63) is 23.2 Å². The number of carbonyl (C=O) groups is 1. The van der Waals surface area contributed by atoms with Crippen molar-refractivity contribution in [2.45, 2.75) is 32.4 Å². The van der Waals surface area contributed by atoms with Gasteiger partial charge in [0.05, 0.1) is 6.10 Å². The van der Waals surface area contributed by atoms with Crippen molar-refractivity contribution in [1.82, 2.24) is 5.32 Å². The lowest BCUT2D eigenvalue weighted by Gasteiger charge is -2.09. The lowest BCUT2D eigenvalue weighted by atomic mass is 10.2. The number of carboxylic acids is 1. The number of nitrogens with one attached hydrogen (secondary N) is 1. The van der Waals surface area contributed by atoms with E-state index in [1.807, 2.05) is 0 Å². The number of ether oxygens (including phenoxy) is 1. The van der Waals surface area contributed by atoms with Gasteiger partial charge in [-0.15, -0.1) is 0 Å². The van der Waals surface area contributed by atoms with Crippen LogP contribution in [0.3, 0.4) is 0 Å². The largest absolute Gasteiger partial charge is 0.475 e. The number of aromatic carboxylic acids is 1. The predicted octanol–water partition coefficient (Wildman–Crippen LogP) is 1.55. The molecule has 5 heteroatoms. The maximum atomic E-state index is 10.7. The van der Waals surface area contributed by atoms with Gasteiger partial charge in [-0.1, -0.05) is 0 Å². The average molecular weight is 239 g/mol. The molecule has 0 saturated carbocycles. The highest BCUT2D eigenvalue weighted by molar-refractivity contribution is 5.84. The summed E-state index contributed by atoms with van der Waals surface area (Å²) in [5.41, 5.74) is 0.889. The fourth-order valence-electron chi connectivity index (χ4n) is 1.97. The van der Waals surface area contributed by atoms with E-state index in [1.54, 1.807) is 13.0 Å². The number of carboxylic acid groups (broad SMARTS) is 1. The topological polar surface area (TPSA) is 71.7 Å². The van der Waals surface area contributed by atoms with Gasteiger partial charge in [0.25, 0.3) is 0 Å². The first-order valence-corrected chi connectivity index (χ1v) is 5.81. The monoisotopic (exact) mass is 239 g/mol. The minimum atomic E-state index is -1.03. The molecule has 17 heavy (non-hydrogen) atoms. The summed E-state index contributed by atoms with van der Waals surface area (Å²) in [6.45, 7) is 4.03. The molecule has 1 fully saturated rings. The highest BCUT2D eigenvalue weighted by Crippen LogP contribution is 2.15. The molecule has 1 aromatic rings. The number of hydrogen-bond acceptors (Lipinski definition) is 4. The second-order valence-corrected chi connectivity index (χ2v) is 4.26. The van der Waals surface area contributed by atoms with E-state index in [2.05, 4.69) is 5.32 Å². The first kappa shape index (κ1) is 12.1. The molecule has 1 aliphatic heterocycles. The molecular formula is C12H17NO4. The summed E-state index contributed by atoms with van der Waals surface area (Å²) in [5, 5.41) is 12.0. The normalized spacial score (nSPS) is 19.7. The second kappa shape index (κ2) is 5.33. The maximum absolute atomic E-state index is 10.7. The zero-order chi connectivity index (χ0) is 12.3. The molecule has 0 spiro atoms. The molecule has 0 radical (unpaired) electrons. The van der Waals surface area contributed by atoms with Crippen LogP contribution in [0.2, 0.25) is 0 Å². The molecule has 0 aliphatic carbocycles. The molecule has 5 nitrogen and oxygen atoms in total. The van der Waals surface area contributed by atoms with E-state index in [4.69, 9.17) is 14.3 Å². The third-order valence-corrected chi connectivity index (χ3v) is 2.94. The minimum Gasteiger partial charge on any atom is -0.475 e. The van der Waals surface area contributed by atoms with Crippen LogP contribution in [0, 0.1) is 6.92 Å². The van der Waals surface area contributed by atoms with E-state index in [9.17, 15) is 4.79 Å². The number of aryl methyl sites for hydroxylation is 1. The Balaban J connectivity index is 1.83. The zero-order valence-electron chi connectivity index (χ0n) is 9.86. The van der Waals surface area contributed by atoms with Crippen LogP contribution in [-0.2, 0) is 11.3 Å². The predicted molar refractivity (Wildman–Crippen MR) is 61.1 cm³/mol. The molecular weight excluding hydrogens is 222 g/mol. The van der Waals surface area contributed by atoms with E-state index in [0.29, 0.717) is 18.4 Å². The molecule has 1 aromatic heterocycles. The highest BCUT2D eigenvalue weighted by atomic mass is 16.5. The van der Waals surface area contributed by atoms with Gasteiger partial charge in [-0.25, -0.2) is 4.79 Å². The Bertz CT molecular complexity index is 393. The summed E-state index contributed by atoms with van der Waals surface area (Å²) in [7, 11) is 0. The molecule has 1 saturated heterocycles. The van der Waals surface area contributed by atoms with Crippen molar-refractivity contribution in [3.63, 3.8) is 0 Å². The third kappa shape index (κ3) is 3.08. The molecule has 1 atom stereocenters. The number of rotatable bonds is 5. The summed E-state index contributed by atoms with van der Waals surface area (Å²) in [5.74, 6) is -0.378. The summed E-state index contributed by atoms with van der Waals surface area (Å²) in [4.78, 5) is 10.7. The molecule has 2 rings (SSSR count). The molecule has 0 amide bonds. The van der Waals surface area contributed by atoms with Gasteiger partial charge in [-0.3, -0.25) is 0 Å². The Morgan fingerprint density at radius 1 is 1.65 bits per heavy atom. The summed E-state index contributed by atoms with van der Waals surface area (Å²) in [6, 6.07) is 1.57. The summed E-state index contributed by atoms with van der Waals surface area (Å²) in [6.07, 6.45) is 2.51. The Labute approximate surface area is 99.8 Å². The van der Waals surface area contributed by atoms with Crippen LogP contribution in [0.4, 0.5) is 0 Å². The Hall–Kier alpha value is -1.33. The SMILES string of the molecule is Cc1oc(C(=O)O)cc1CNCC1CCCO1. The average Bonchev–Trinajstić information content (AvgIpc) is 2.89. The highest BCUT2D eigenvalue weighted by Gasteiger charge is 2.16. The molecule has 0 aromatic carbocycles. The number of furan rings is 1. The Kier molecular flexibility index (Phi) is 3.81. The van der Waals surface area contributed by atoms with Crippen LogP contribution in [-0.4, -0.2) is 30.3 Å². The fourth-order valence-corrected chi connectivity index (χ4v) is 1.97. The van der Waals surface area contributed by atoms with Gasteiger partial charge >= 0.3 is 5.97 Å². The maximum Gasteiger partial charge on any atom is 0.371 e.